The van der Waals surface area contributed by atoms with E-state index in [-0.39, 0.29) is 0 Å². The molecule has 21 heavy (non-hydrogen) atoms. The molecule has 0 aliphatic carbocycles. The smallest absolute Gasteiger partial charge is 0.133 e. The number of nitrogens with one attached hydrogen (secondary N) is 2. The number of hydrogen-bond donors (Lipinski definition) is 2. The van der Waals surface area contributed by atoms with Gasteiger partial charge in [0.1, 0.15) is 5.76 Å². The second-order valence-corrected chi connectivity index (χ2v) is 5.88. The fourth-order valence-corrected chi connectivity index (χ4v) is 3.31. The summed E-state index contributed by atoms with van der Waals surface area (Å²) in [4.78, 5) is 3.39. The molecule has 0 bridgehead atoms. The first-order valence-electron chi connectivity index (χ1n) is 7.77. The number of hydrogen-bond acceptors (Lipinski definition) is 2. The summed E-state index contributed by atoms with van der Waals surface area (Å²) in [6, 6.07) is 11.1. The lowest BCUT2D eigenvalue weighted by molar-refractivity contribution is 0.560. The van der Waals surface area contributed by atoms with Crippen LogP contribution in [0.2, 0.25) is 0 Å². The molecule has 3 heterocycles. The first-order valence-corrected chi connectivity index (χ1v) is 7.77. The lowest BCUT2D eigenvalue weighted by Gasteiger charge is -2.09. The summed E-state index contributed by atoms with van der Waals surface area (Å²) in [5, 5.41) is 4.90. The Balaban J connectivity index is 1.61. The highest BCUT2D eigenvalue weighted by Crippen LogP contribution is 2.27. The fraction of sp³-hybridized carbons (Fsp3) is 0.333. The quantitative estimate of drug-likeness (QED) is 0.755. The van der Waals surface area contributed by atoms with E-state index in [4.69, 9.17) is 4.42 Å². The zero-order valence-corrected chi connectivity index (χ0v) is 12.1. The largest absolute Gasteiger partial charge is 0.464 e. The summed E-state index contributed by atoms with van der Waals surface area (Å²) in [5.74, 6) is 0.932. The number of benzene rings is 1. The summed E-state index contributed by atoms with van der Waals surface area (Å²) >= 11 is 0. The average molecular weight is 280 g/mol. The summed E-state index contributed by atoms with van der Waals surface area (Å²) in [5.41, 5.74) is 3.76. The molecular weight excluding hydrogens is 260 g/mol. The molecule has 0 radical (unpaired) electrons. The molecular formula is C18H20N2O. The van der Waals surface area contributed by atoms with Crippen LogP contribution < -0.4 is 5.32 Å². The molecule has 2 aromatic heterocycles. The van der Waals surface area contributed by atoms with Gasteiger partial charge in [-0.15, -0.1) is 0 Å². The zero-order valence-electron chi connectivity index (χ0n) is 12.1. The van der Waals surface area contributed by atoms with Crippen molar-refractivity contribution >= 4 is 10.9 Å². The van der Waals surface area contributed by atoms with Crippen LogP contribution in [0.1, 0.15) is 24.8 Å². The van der Waals surface area contributed by atoms with E-state index in [0.717, 1.165) is 17.7 Å². The van der Waals surface area contributed by atoms with Gasteiger partial charge in [0.15, 0.2) is 0 Å². The van der Waals surface area contributed by atoms with Crippen molar-refractivity contribution in [1.82, 2.24) is 10.3 Å². The van der Waals surface area contributed by atoms with Crippen LogP contribution in [0.4, 0.5) is 0 Å². The third kappa shape index (κ3) is 2.49. The van der Waals surface area contributed by atoms with E-state index in [9.17, 15) is 0 Å². The number of rotatable bonds is 4. The van der Waals surface area contributed by atoms with Crippen molar-refractivity contribution < 1.29 is 4.42 Å². The van der Waals surface area contributed by atoms with Crippen LogP contribution in [0.5, 0.6) is 0 Å². The van der Waals surface area contributed by atoms with E-state index in [1.54, 1.807) is 6.26 Å². The zero-order chi connectivity index (χ0) is 14.1. The van der Waals surface area contributed by atoms with Crippen molar-refractivity contribution in [2.45, 2.75) is 31.7 Å². The van der Waals surface area contributed by atoms with Gasteiger partial charge >= 0.3 is 0 Å². The molecule has 0 amide bonds. The van der Waals surface area contributed by atoms with Crippen molar-refractivity contribution in [1.29, 1.82) is 0 Å². The van der Waals surface area contributed by atoms with E-state index in [0.29, 0.717) is 6.04 Å². The summed E-state index contributed by atoms with van der Waals surface area (Å²) in [6.45, 7) is 1.18. The molecule has 3 nitrogen and oxygen atoms in total. The minimum atomic E-state index is 0.697. The molecule has 2 N–H and O–H groups in total. The molecule has 0 saturated carbocycles. The van der Waals surface area contributed by atoms with Gasteiger partial charge in [-0.25, -0.2) is 0 Å². The highest BCUT2D eigenvalue weighted by Gasteiger charge is 2.15. The number of aryl methyl sites for hydroxylation is 1. The molecule has 1 aromatic carbocycles. The van der Waals surface area contributed by atoms with Crippen molar-refractivity contribution in [2.75, 3.05) is 6.54 Å². The van der Waals surface area contributed by atoms with Gasteiger partial charge in [0.05, 0.1) is 6.26 Å². The van der Waals surface area contributed by atoms with Crippen LogP contribution in [-0.4, -0.2) is 17.6 Å². The molecule has 1 unspecified atom stereocenters. The van der Waals surface area contributed by atoms with Gasteiger partial charge in [0.2, 0.25) is 0 Å². The van der Waals surface area contributed by atoms with Crippen LogP contribution in [0.3, 0.4) is 0 Å². The lowest BCUT2D eigenvalue weighted by atomic mass is 10.0. The molecule has 0 spiro atoms. The van der Waals surface area contributed by atoms with Crippen molar-refractivity contribution in [3.05, 3.63) is 48.4 Å². The second kappa shape index (κ2) is 5.41. The fourth-order valence-electron chi connectivity index (χ4n) is 3.31. The maximum Gasteiger partial charge on any atom is 0.133 e. The van der Waals surface area contributed by atoms with Gasteiger partial charge in [-0.1, -0.05) is 0 Å². The van der Waals surface area contributed by atoms with E-state index in [2.05, 4.69) is 34.7 Å². The van der Waals surface area contributed by atoms with Crippen LogP contribution in [-0.2, 0) is 6.42 Å². The number of aromatic nitrogens is 1. The third-order valence-corrected chi connectivity index (χ3v) is 4.50. The molecule has 1 atom stereocenters. The number of fused-ring (bicyclic) bond motifs is 1. The predicted molar refractivity (Wildman–Crippen MR) is 85.3 cm³/mol. The van der Waals surface area contributed by atoms with Crippen molar-refractivity contribution in [3.8, 4) is 11.3 Å². The van der Waals surface area contributed by atoms with Crippen LogP contribution >= 0.6 is 0 Å². The predicted octanol–water partition coefficient (Wildman–Crippen LogP) is 4.11. The van der Waals surface area contributed by atoms with E-state index in [1.807, 2.05) is 12.1 Å². The summed E-state index contributed by atoms with van der Waals surface area (Å²) in [7, 11) is 0. The van der Waals surface area contributed by atoms with Crippen LogP contribution in [0.15, 0.2) is 47.2 Å². The normalized spacial score (nSPS) is 18.6. The minimum absolute atomic E-state index is 0.697. The highest BCUT2D eigenvalue weighted by atomic mass is 16.3. The highest BCUT2D eigenvalue weighted by molar-refractivity contribution is 5.87. The number of H-pyrrole nitrogens is 1. The van der Waals surface area contributed by atoms with Crippen molar-refractivity contribution in [2.24, 2.45) is 0 Å². The van der Waals surface area contributed by atoms with Gasteiger partial charge in [-0.2, -0.15) is 0 Å². The van der Waals surface area contributed by atoms with Gasteiger partial charge in [-0.3, -0.25) is 0 Å². The molecule has 1 aliphatic heterocycles. The molecule has 1 saturated heterocycles. The molecule has 4 rings (SSSR count). The molecule has 3 aromatic rings. The third-order valence-electron chi connectivity index (χ3n) is 4.50. The Bertz CT molecular complexity index is 721. The minimum Gasteiger partial charge on any atom is -0.464 e. The van der Waals surface area contributed by atoms with Crippen molar-refractivity contribution in [3.63, 3.8) is 0 Å². The number of furan rings is 1. The Morgan fingerprint density at radius 2 is 2.24 bits per heavy atom. The summed E-state index contributed by atoms with van der Waals surface area (Å²) < 4.78 is 5.51. The molecule has 3 heteroatoms. The first-order chi connectivity index (χ1) is 10.4. The Hall–Kier alpha value is -2.00. The van der Waals surface area contributed by atoms with Gasteiger partial charge in [-0.05, 0) is 68.1 Å². The molecule has 1 fully saturated rings. The molecule has 108 valence electrons. The Labute approximate surface area is 124 Å². The monoisotopic (exact) mass is 280 g/mol. The van der Waals surface area contributed by atoms with E-state index in [1.165, 1.54) is 42.3 Å². The standard InChI is InChI=1S/C18H20N2O/c1-3-15(19-9-1)7-5-14-12-20-17-8-6-13(11-16(14)17)18-4-2-10-21-18/h2,4,6,8,10-12,15,19-20H,1,3,5,7,9H2. The topological polar surface area (TPSA) is 41.0 Å². The maximum absolute atomic E-state index is 5.51. The van der Waals surface area contributed by atoms with Gasteiger partial charge in [0.25, 0.3) is 0 Å². The lowest BCUT2D eigenvalue weighted by Crippen LogP contribution is -2.21. The van der Waals surface area contributed by atoms with Crippen LogP contribution in [0.25, 0.3) is 22.2 Å². The Kier molecular flexibility index (Phi) is 3.28. The average Bonchev–Trinajstić information content (AvgIpc) is 3.25. The van der Waals surface area contributed by atoms with E-state index >= 15 is 0 Å². The SMILES string of the molecule is c1coc(-c2ccc3[nH]cc(CCC4CCCN4)c3c2)c1. The maximum atomic E-state index is 5.51. The second-order valence-electron chi connectivity index (χ2n) is 5.88. The van der Waals surface area contributed by atoms with Gasteiger partial charge < -0.3 is 14.7 Å². The van der Waals surface area contributed by atoms with Gasteiger partial charge in [0, 0.05) is 28.7 Å². The first kappa shape index (κ1) is 12.7. The number of aromatic amines is 1. The Morgan fingerprint density at radius 3 is 3.05 bits per heavy atom. The van der Waals surface area contributed by atoms with Crippen LogP contribution in [0, 0.1) is 0 Å². The summed E-state index contributed by atoms with van der Waals surface area (Å²) in [6.07, 6.45) is 8.87. The Morgan fingerprint density at radius 1 is 1.24 bits per heavy atom. The van der Waals surface area contributed by atoms with E-state index < -0.39 is 0 Å². The molecule has 1 aliphatic rings.